The summed E-state index contributed by atoms with van der Waals surface area (Å²) in [7, 11) is 0. The van der Waals surface area contributed by atoms with E-state index >= 15 is 0 Å². The van der Waals surface area contributed by atoms with Gasteiger partial charge in [-0.2, -0.15) is 0 Å². The third-order valence-electron chi connectivity index (χ3n) is 13.3. The van der Waals surface area contributed by atoms with Gasteiger partial charge in [-0.15, -0.1) is 0 Å². The molecule has 382 valence electrons. The van der Waals surface area contributed by atoms with Gasteiger partial charge in [0.15, 0.2) is 0 Å². The number of hydrogen-bond acceptors (Lipinski definition) is 5. The molecule has 1 amide bonds. The first-order valence-corrected chi connectivity index (χ1v) is 28.7. The van der Waals surface area contributed by atoms with Crippen LogP contribution in [0.4, 0.5) is 0 Å². The van der Waals surface area contributed by atoms with Gasteiger partial charge in [0.2, 0.25) is 5.91 Å². The number of rotatable bonds is 52. The lowest BCUT2D eigenvalue weighted by atomic mass is 10.0. The third-order valence-corrected chi connectivity index (χ3v) is 13.3. The molecule has 6 nitrogen and oxygen atoms in total. The monoisotopic (exact) mass is 914 g/mol. The van der Waals surface area contributed by atoms with Crippen molar-refractivity contribution in [2.45, 2.75) is 322 Å². The molecule has 0 aromatic heterocycles. The standard InChI is InChI=1S/C59H111NO5/c1-4-7-10-13-16-19-22-25-27-29-30-32-34-37-40-43-46-49-52-59(64)65-55(50-47-44-41-38-35-33-31-28-26-23-20-17-14-11-8-5-2)53-58(63)60-56(54-61)57(62)51-48-45-42-39-36-24-21-18-15-12-9-6-3/h22,25,27,29-30,32,55-57,61-62H,4-21,23-24,26,28,31,33-54H2,1-3H3,(H,60,63)/b25-22+,29-27+,32-30+. The maximum absolute atomic E-state index is 13.3. The Hall–Kier alpha value is -1.92. The largest absolute Gasteiger partial charge is 0.462 e. The Labute approximate surface area is 404 Å². The van der Waals surface area contributed by atoms with Gasteiger partial charge >= 0.3 is 5.97 Å². The van der Waals surface area contributed by atoms with Gasteiger partial charge in [-0.05, 0) is 51.4 Å². The van der Waals surface area contributed by atoms with Gasteiger partial charge in [0, 0.05) is 6.42 Å². The van der Waals surface area contributed by atoms with Crippen molar-refractivity contribution in [3.05, 3.63) is 36.5 Å². The van der Waals surface area contributed by atoms with Crippen LogP contribution in [0.2, 0.25) is 0 Å². The van der Waals surface area contributed by atoms with Crippen molar-refractivity contribution < 1.29 is 24.5 Å². The zero-order valence-electron chi connectivity index (χ0n) is 43.6. The average Bonchev–Trinajstić information content (AvgIpc) is 3.30. The highest BCUT2D eigenvalue weighted by Crippen LogP contribution is 2.19. The number of aliphatic hydroxyl groups is 2. The van der Waals surface area contributed by atoms with E-state index in [1.165, 1.54) is 193 Å². The van der Waals surface area contributed by atoms with Crippen LogP contribution in [0.3, 0.4) is 0 Å². The normalized spacial score (nSPS) is 13.4. The van der Waals surface area contributed by atoms with Gasteiger partial charge in [-0.25, -0.2) is 0 Å². The molecule has 0 spiro atoms. The predicted molar refractivity (Wildman–Crippen MR) is 282 cm³/mol. The number of allylic oxidation sites excluding steroid dienone is 6. The summed E-state index contributed by atoms with van der Waals surface area (Å²) in [6.45, 7) is 6.49. The van der Waals surface area contributed by atoms with Crippen LogP contribution < -0.4 is 5.32 Å². The van der Waals surface area contributed by atoms with E-state index in [9.17, 15) is 19.8 Å². The highest BCUT2D eigenvalue weighted by atomic mass is 16.5. The minimum atomic E-state index is -0.789. The summed E-state index contributed by atoms with van der Waals surface area (Å²) in [5, 5.41) is 23.8. The lowest BCUT2D eigenvalue weighted by Gasteiger charge is -2.24. The minimum Gasteiger partial charge on any atom is -0.462 e. The Bertz CT molecular complexity index is 1070. The number of carbonyl (C=O) groups excluding carboxylic acids is 2. The molecule has 0 fully saturated rings. The van der Waals surface area contributed by atoms with E-state index in [2.05, 4.69) is 62.5 Å². The van der Waals surface area contributed by atoms with Crippen molar-refractivity contribution in [1.82, 2.24) is 5.32 Å². The molecule has 0 aliphatic carbocycles. The highest BCUT2D eigenvalue weighted by molar-refractivity contribution is 5.77. The van der Waals surface area contributed by atoms with E-state index in [0.717, 1.165) is 64.2 Å². The van der Waals surface area contributed by atoms with Crippen molar-refractivity contribution in [1.29, 1.82) is 0 Å². The van der Waals surface area contributed by atoms with E-state index in [1.54, 1.807) is 0 Å². The quantitative estimate of drug-likeness (QED) is 0.0321. The fraction of sp³-hybridized carbons (Fsp3) is 0.864. The first-order chi connectivity index (χ1) is 32.0. The number of aliphatic hydroxyl groups excluding tert-OH is 2. The molecule has 3 unspecified atom stereocenters. The highest BCUT2D eigenvalue weighted by Gasteiger charge is 2.24. The predicted octanol–water partition coefficient (Wildman–Crippen LogP) is 17.6. The van der Waals surface area contributed by atoms with Crippen molar-refractivity contribution in [3.63, 3.8) is 0 Å². The lowest BCUT2D eigenvalue weighted by molar-refractivity contribution is -0.151. The van der Waals surface area contributed by atoms with Crippen molar-refractivity contribution in [3.8, 4) is 0 Å². The van der Waals surface area contributed by atoms with Crippen LogP contribution in [0.1, 0.15) is 303 Å². The fourth-order valence-corrected chi connectivity index (χ4v) is 8.90. The van der Waals surface area contributed by atoms with Crippen LogP contribution in [0.15, 0.2) is 36.5 Å². The van der Waals surface area contributed by atoms with E-state index in [1.807, 2.05) is 0 Å². The minimum absolute atomic E-state index is 0.0738. The maximum Gasteiger partial charge on any atom is 0.306 e. The lowest BCUT2D eigenvalue weighted by Crippen LogP contribution is -2.46. The smallest absolute Gasteiger partial charge is 0.306 e. The molecule has 3 atom stereocenters. The van der Waals surface area contributed by atoms with E-state index in [0.29, 0.717) is 19.3 Å². The van der Waals surface area contributed by atoms with Gasteiger partial charge < -0.3 is 20.3 Å². The maximum atomic E-state index is 13.3. The second kappa shape index (κ2) is 53.0. The molecular weight excluding hydrogens is 803 g/mol. The topological polar surface area (TPSA) is 95.9 Å². The zero-order valence-corrected chi connectivity index (χ0v) is 43.6. The van der Waals surface area contributed by atoms with Crippen LogP contribution in [0.5, 0.6) is 0 Å². The molecule has 0 rings (SSSR count). The molecule has 0 bridgehead atoms. The summed E-state index contributed by atoms with van der Waals surface area (Å²) in [5.41, 5.74) is 0. The molecule has 0 aromatic rings. The van der Waals surface area contributed by atoms with Crippen LogP contribution in [0.25, 0.3) is 0 Å². The van der Waals surface area contributed by atoms with Gasteiger partial charge in [-0.1, -0.05) is 276 Å². The molecule has 0 aromatic carbocycles. The van der Waals surface area contributed by atoms with Crippen molar-refractivity contribution >= 4 is 11.9 Å². The third kappa shape index (κ3) is 48.3. The molecule has 0 saturated carbocycles. The Morgan fingerprint density at radius 2 is 0.785 bits per heavy atom. The summed E-state index contributed by atoms with van der Waals surface area (Å²) in [6.07, 6.45) is 63.5. The molecule has 6 heteroatoms. The SMILES string of the molecule is CCCCCCC/C=C/C=C/C=C/CCCCCCCC(=O)OC(CCCCCCCCCCCCCCCCCC)CC(=O)NC(CO)C(O)CCCCCCCCCCCCCC. The number of esters is 1. The number of carbonyl (C=O) groups is 2. The number of nitrogens with one attached hydrogen (secondary N) is 1. The molecule has 0 aliphatic rings. The second-order valence-corrected chi connectivity index (χ2v) is 19.8. The molecular formula is C59H111NO5. The van der Waals surface area contributed by atoms with Crippen LogP contribution >= 0.6 is 0 Å². The van der Waals surface area contributed by atoms with Gasteiger partial charge in [0.1, 0.15) is 6.10 Å². The molecule has 65 heavy (non-hydrogen) atoms. The van der Waals surface area contributed by atoms with Gasteiger partial charge in [0.25, 0.3) is 0 Å². The molecule has 0 saturated heterocycles. The number of hydrogen-bond donors (Lipinski definition) is 3. The first-order valence-electron chi connectivity index (χ1n) is 28.7. The Kier molecular flexibility index (Phi) is 51.5. The van der Waals surface area contributed by atoms with Crippen molar-refractivity contribution in [2.75, 3.05) is 6.61 Å². The van der Waals surface area contributed by atoms with Crippen LogP contribution in [-0.4, -0.2) is 46.9 Å². The Morgan fingerprint density at radius 1 is 0.446 bits per heavy atom. The zero-order chi connectivity index (χ0) is 47.4. The summed E-state index contributed by atoms with van der Waals surface area (Å²) < 4.78 is 5.96. The molecule has 0 heterocycles. The van der Waals surface area contributed by atoms with Gasteiger partial charge in [0.05, 0.1) is 25.2 Å². The fourth-order valence-electron chi connectivity index (χ4n) is 8.90. The summed E-state index contributed by atoms with van der Waals surface area (Å²) in [4.78, 5) is 26.3. The number of unbranched alkanes of at least 4 members (excludes halogenated alkanes) is 36. The van der Waals surface area contributed by atoms with E-state index < -0.39 is 18.2 Å². The summed E-state index contributed by atoms with van der Waals surface area (Å²) in [5.74, 6) is -0.480. The van der Waals surface area contributed by atoms with Crippen molar-refractivity contribution in [2.24, 2.45) is 0 Å². The summed E-state index contributed by atoms with van der Waals surface area (Å²) >= 11 is 0. The number of amides is 1. The molecule has 3 N–H and O–H groups in total. The molecule has 0 radical (unpaired) electrons. The van der Waals surface area contributed by atoms with E-state index in [-0.39, 0.29) is 24.9 Å². The van der Waals surface area contributed by atoms with Crippen LogP contribution in [-0.2, 0) is 14.3 Å². The van der Waals surface area contributed by atoms with Crippen LogP contribution in [0, 0.1) is 0 Å². The molecule has 0 aliphatic heterocycles. The first kappa shape index (κ1) is 63.1. The van der Waals surface area contributed by atoms with Gasteiger partial charge in [-0.3, -0.25) is 9.59 Å². The number of ether oxygens (including phenoxy) is 1. The second-order valence-electron chi connectivity index (χ2n) is 19.8. The average molecular weight is 915 g/mol. The van der Waals surface area contributed by atoms with E-state index in [4.69, 9.17) is 4.74 Å². The summed E-state index contributed by atoms with van der Waals surface area (Å²) in [6, 6.07) is -0.703. The Balaban J connectivity index is 4.58. The Morgan fingerprint density at radius 3 is 1.17 bits per heavy atom.